The molecule has 0 spiro atoms. The number of hydrogen-bond donors (Lipinski definition) is 3. The van der Waals surface area contributed by atoms with E-state index in [2.05, 4.69) is 51.6 Å². The normalized spacial score (nSPS) is 13.0. The monoisotopic (exact) mass is 424 g/mol. The largest absolute Gasteiger partial charge is 0.368 e. The van der Waals surface area contributed by atoms with Crippen molar-refractivity contribution in [3.63, 3.8) is 0 Å². The van der Waals surface area contributed by atoms with Crippen LogP contribution in [0.3, 0.4) is 0 Å². The van der Waals surface area contributed by atoms with Crippen molar-refractivity contribution in [2.24, 2.45) is 0 Å². The number of rotatable bonds is 9. The lowest BCUT2D eigenvalue weighted by atomic mass is 9.94. The van der Waals surface area contributed by atoms with Gasteiger partial charge in [0, 0.05) is 29.5 Å². The van der Waals surface area contributed by atoms with E-state index in [-0.39, 0.29) is 17.4 Å². The number of hydrogen-bond acceptors (Lipinski definition) is 7. The Hall–Kier alpha value is -2.87. The van der Waals surface area contributed by atoms with E-state index < -0.39 is 0 Å². The zero-order chi connectivity index (χ0) is 21.6. The van der Waals surface area contributed by atoms with Gasteiger partial charge in [-0.1, -0.05) is 49.7 Å². The third-order valence-electron chi connectivity index (χ3n) is 4.74. The van der Waals surface area contributed by atoms with Gasteiger partial charge in [0.15, 0.2) is 5.82 Å². The molecule has 0 aliphatic rings. The Morgan fingerprint density at radius 1 is 1.20 bits per heavy atom. The standard InChI is InChI=1S/C22H28N6OS/c1-4-5-11-22(3,14-25-15(2)29)28-20-19-18(26-21(23)27-20)12-17(13-24-19)30-16-9-7-6-8-10-16/h6-10,12-13H,4-5,11,14H2,1-3H3,(H,25,29)(H3,23,26,27,28)/t22-/m1/s1. The third kappa shape index (κ3) is 5.82. The molecule has 2 heterocycles. The molecule has 0 radical (unpaired) electrons. The number of nitrogens with zero attached hydrogens (tertiary/aromatic N) is 3. The van der Waals surface area contributed by atoms with Crippen LogP contribution in [-0.2, 0) is 4.79 Å². The Labute approximate surface area is 181 Å². The van der Waals surface area contributed by atoms with Gasteiger partial charge in [-0.2, -0.15) is 4.98 Å². The van der Waals surface area contributed by atoms with Crippen LogP contribution < -0.4 is 16.4 Å². The number of carbonyl (C=O) groups excluding carboxylic acids is 1. The molecule has 0 unspecified atom stereocenters. The Morgan fingerprint density at radius 3 is 2.67 bits per heavy atom. The minimum atomic E-state index is -0.380. The van der Waals surface area contributed by atoms with Crippen molar-refractivity contribution in [2.75, 3.05) is 17.6 Å². The number of nitrogen functional groups attached to an aromatic ring is 1. The molecule has 4 N–H and O–H groups in total. The Balaban J connectivity index is 1.91. The maximum absolute atomic E-state index is 11.5. The second kappa shape index (κ2) is 9.75. The van der Waals surface area contributed by atoms with Gasteiger partial charge in [0.25, 0.3) is 0 Å². The molecule has 0 aliphatic carbocycles. The first-order valence-corrected chi connectivity index (χ1v) is 10.9. The maximum Gasteiger partial charge on any atom is 0.222 e. The van der Waals surface area contributed by atoms with Crippen LogP contribution in [0.5, 0.6) is 0 Å². The summed E-state index contributed by atoms with van der Waals surface area (Å²) in [5.41, 5.74) is 6.96. The summed E-state index contributed by atoms with van der Waals surface area (Å²) in [6.07, 6.45) is 4.77. The number of benzene rings is 1. The summed E-state index contributed by atoms with van der Waals surface area (Å²) in [5, 5.41) is 6.40. The van der Waals surface area contributed by atoms with E-state index in [1.54, 1.807) is 11.8 Å². The van der Waals surface area contributed by atoms with Gasteiger partial charge in [0.05, 0.1) is 11.1 Å². The average Bonchev–Trinajstić information content (AvgIpc) is 2.71. The molecule has 158 valence electrons. The number of nitrogens with two attached hydrogens (primary N) is 1. The maximum atomic E-state index is 11.5. The zero-order valence-electron chi connectivity index (χ0n) is 17.6. The lowest BCUT2D eigenvalue weighted by Gasteiger charge is -2.32. The second-order valence-corrected chi connectivity index (χ2v) is 8.73. The molecule has 1 aromatic carbocycles. The lowest BCUT2D eigenvalue weighted by molar-refractivity contribution is -0.119. The first-order chi connectivity index (χ1) is 14.4. The van der Waals surface area contributed by atoms with Crippen molar-refractivity contribution in [2.45, 2.75) is 55.4 Å². The molecule has 3 rings (SSSR count). The molecular weight excluding hydrogens is 396 g/mol. The van der Waals surface area contributed by atoms with Crippen LogP contribution in [-0.4, -0.2) is 32.9 Å². The molecule has 7 nitrogen and oxygen atoms in total. The lowest BCUT2D eigenvalue weighted by Crippen LogP contribution is -2.46. The van der Waals surface area contributed by atoms with Gasteiger partial charge in [-0.15, -0.1) is 0 Å². The summed E-state index contributed by atoms with van der Waals surface area (Å²) in [7, 11) is 0. The van der Waals surface area contributed by atoms with E-state index in [0.29, 0.717) is 23.4 Å². The first-order valence-electron chi connectivity index (χ1n) is 10.1. The van der Waals surface area contributed by atoms with E-state index in [0.717, 1.165) is 29.1 Å². The summed E-state index contributed by atoms with van der Waals surface area (Å²) in [4.78, 5) is 27.0. The van der Waals surface area contributed by atoms with Crippen LogP contribution in [0.4, 0.5) is 11.8 Å². The quantitative estimate of drug-likeness (QED) is 0.471. The third-order valence-corrected chi connectivity index (χ3v) is 5.70. The van der Waals surface area contributed by atoms with E-state index in [1.165, 1.54) is 6.92 Å². The van der Waals surface area contributed by atoms with Gasteiger partial charge in [-0.25, -0.2) is 9.97 Å². The van der Waals surface area contributed by atoms with Gasteiger partial charge < -0.3 is 16.4 Å². The van der Waals surface area contributed by atoms with Crippen molar-refractivity contribution in [1.29, 1.82) is 0 Å². The van der Waals surface area contributed by atoms with Crippen molar-refractivity contribution < 1.29 is 4.79 Å². The number of anilines is 2. The van der Waals surface area contributed by atoms with Crippen LogP contribution in [0.15, 0.2) is 52.4 Å². The summed E-state index contributed by atoms with van der Waals surface area (Å²) in [5.74, 6) is 0.705. The molecule has 1 amide bonds. The predicted molar refractivity (Wildman–Crippen MR) is 123 cm³/mol. The molecule has 3 aromatic rings. The fraction of sp³-hybridized carbons (Fsp3) is 0.364. The fourth-order valence-corrected chi connectivity index (χ4v) is 3.99. The first kappa shape index (κ1) is 21.8. The number of unbranched alkanes of at least 4 members (excludes halogenated alkanes) is 1. The molecular formula is C22H28N6OS. The Bertz CT molecular complexity index is 1010. The molecule has 8 heteroatoms. The second-order valence-electron chi connectivity index (χ2n) is 7.58. The molecule has 1 atom stereocenters. The summed E-state index contributed by atoms with van der Waals surface area (Å²) < 4.78 is 0. The van der Waals surface area contributed by atoms with Crippen LogP contribution in [0.25, 0.3) is 11.0 Å². The molecule has 0 bridgehead atoms. The molecule has 0 fully saturated rings. The van der Waals surface area contributed by atoms with E-state index >= 15 is 0 Å². The van der Waals surface area contributed by atoms with Gasteiger partial charge in [-0.05, 0) is 31.5 Å². The minimum Gasteiger partial charge on any atom is -0.368 e. The summed E-state index contributed by atoms with van der Waals surface area (Å²) in [6, 6.07) is 12.1. The topological polar surface area (TPSA) is 106 Å². The van der Waals surface area contributed by atoms with E-state index in [9.17, 15) is 4.79 Å². The smallest absolute Gasteiger partial charge is 0.222 e. The SMILES string of the molecule is CCCC[C@](C)(CNC(C)=O)Nc1nc(N)nc2cc(Sc3ccccc3)cnc12. The van der Waals surface area contributed by atoms with Crippen LogP contribution in [0.1, 0.15) is 40.0 Å². The van der Waals surface area contributed by atoms with Gasteiger partial charge in [-0.3, -0.25) is 4.79 Å². The number of nitrogens with one attached hydrogen (secondary N) is 2. The van der Waals surface area contributed by atoms with Gasteiger partial charge >= 0.3 is 0 Å². The molecule has 0 aliphatic heterocycles. The Kier molecular flexibility index (Phi) is 7.10. The van der Waals surface area contributed by atoms with Crippen LogP contribution >= 0.6 is 11.8 Å². The van der Waals surface area contributed by atoms with Crippen molar-refractivity contribution in [1.82, 2.24) is 20.3 Å². The van der Waals surface area contributed by atoms with Crippen LogP contribution in [0, 0.1) is 0 Å². The highest BCUT2D eigenvalue weighted by Crippen LogP contribution is 2.31. The molecule has 0 saturated heterocycles. The van der Waals surface area contributed by atoms with Crippen LogP contribution in [0.2, 0.25) is 0 Å². The van der Waals surface area contributed by atoms with Gasteiger partial charge in [0.2, 0.25) is 11.9 Å². The van der Waals surface area contributed by atoms with Crippen molar-refractivity contribution in [3.8, 4) is 0 Å². The average molecular weight is 425 g/mol. The highest BCUT2D eigenvalue weighted by atomic mass is 32.2. The summed E-state index contributed by atoms with van der Waals surface area (Å²) in [6.45, 7) is 6.22. The predicted octanol–water partition coefficient (Wildman–Crippen LogP) is 4.26. The van der Waals surface area contributed by atoms with Crippen molar-refractivity contribution >= 4 is 40.5 Å². The van der Waals surface area contributed by atoms with Crippen molar-refractivity contribution in [3.05, 3.63) is 42.6 Å². The number of amides is 1. The zero-order valence-corrected chi connectivity index (χ0v) is 18.4. The van der Waals surface area contributed by atoms with Gasteiger partial charge in [0.1, 0.15) is 5.52 Å². The highest BCUT2D eigenvalue weighted by molar-refractivity contribution is 7.99. The number of carbonyl (C=O) groups is 1. The number of pyridine rings is 1. The fourth-order valence-electron chi connectivity index (χ4n) is 3.15. The molecule has 0 saturated carbocycles. The molecule has 30 heavy (non-hydrogen) atoms. The highest BCUT2D eigenvalue weighted by Gasteiger charge is 2.26. The van der Waals surface area contributed by atoms with E-state index in [1.807, 2.05) is 30.5 Å². The number of aromatic nitrogens is 3. The molecule has 2 aromatic heterocycles. The number of fused-ring (bicyclic) bond motifs is 1. The van der Waals surface area contributed by atoms with E-state index in [4.69, 9.17) is 5.73 Å². The minimum absolute atomic E-state index is 0.0627. The summed E-state index contributed by atoms with van der Waals surface area (Å²) >= 11 is 1.62. The Morgan fingerprint density at radius 2 is 1.97 bits per heavy atom.